The Morgan fingerprint density at radius 3 is 2.58 bits per heavy atom. The lowest BCUT2D eigenvalue weighted by Gasteiger charge is -2.08. The minimum Gasteiger partial charge on any atom is -1.00 e. The number of nitrogens with zero attached hydrogens (tertiary/aromatic N) is 1. The largest absolute Gasteiger partial charge is 1.00 e. The molecule has 5 N–H and O–H groups in total. The van der Waals surface area contributed by atoms with Crippen LogP contribution in [0.1, 0.15) is 12.0 Å². The van der Waals surface area contributed by atoms with Crippen molar-refractivity contribution in [2.24, 2.45) is 4.99 Å². The average molecular weight is 304 g/mol. The van der Waals surface area contributed by atoms with Crippen molar-refractivity contribution in [3.63, 3.8) is 0 Å². The average Bonchev–Trinajstić information content (AvgIpc) is 2.83. The summed E-state index contributed by atoms with van der Waals surface area (Å²) in [6.45, 7) is 1.32. The molecule has 1 aromatic rings. The van der Waals surface area contributed by atoms with Crippen molar-refractivity contribution in [2.45, 2.75) is 19.1 Å². The molecular formula is C13H19Cl2N3O. The maximum absolute atomic E-state index is 5.64. The molecule has 6 heteroatoms. The first-order chi connectivity index (χ1) is 8.34. The number of hydrogen-bond donors (Lipinski definition) is 2. The van der Waals surface area contributed by atoms with Gasteiger partial charge in [0.05, 0.1) is 13.2 Å². The number of aliphatic imine (C=N–C) groups is 1. The van der Waals surface area contributed by atoms with E-state index in [1.807, 2.05) is 36.1 Å². The Kier molecular flexibility index (Phi) is 9.47. The predicted molar refractivity (Wildman–Crippen MR) is 65.9 cm³/mol. The van der Waals surface area contributed by atoms with Crippen molar-refractivity contribution in [2.75, 3.05) is 6.61 Å². The van der Waals surface area contributed by atoms with Gasteiger partial charge < -0.3 is 35.3 Å². The van der Waals surface area contributed by atoms with Gasteiger partial charge >= 0.3 is 0 Å². The van der Waals surface area contributed by atoms with E-state index in [9.17, 15) is 0 Å². The third-order valence-corrected chi connectivity index (χ3v) is 2.58. The van der Waals surface area contributed by atoms with E-state index in [-0.39, 0.29) is 30.9 Å². The predicted octanol–water partition coefficient (Wildman–Crippen LogP) is -6.34. The third kappa shape index (κ3) is 6.71. The van der Waals surface area contributed by atoms with E-state index >= 15 is 0 Å². The molecule has 1 atom stereocenters. The van der Waals surface area contributed by atoms with Crippen LogP contribution < -0.4 is 35.9 Å². The summed E-state index contributed by atoms with van der Waals surface area (Å²) in [5.74, 6) is 0. The Hall–Kier alpha value is -0.910. The fourth-order valence-corrected chi connectivity index (χ4v) is 1.73. The molecule has 19 heavy (non-hydrogen) atoms. The van der Waals surface area contributed by atoms with Crippen molar-refractivity contribution in [1.29, 1.82) is 0 Å². The topological polar surface area (TPSA) is 65.8 Å². The molecule has 106 valence electrons. The standard InChI is InChI=1S/C13H17N3O.2ClH/c14-12(6-13-7-15-10-16-13)9-17-8-11-4-2-1-3-5-11;;/h1-5,7,10,12H,6,8-9,14H2,(H,15,16);2*1H/t12-;;/m0../s1. The second-order valence-electron chi connectivity index (χ2n) is 4.20. The Morgan fingerprint density at radius 1 is 1.21 bits per heavy atom. The smallest absolute Gasteiger partial charge is 0.191 e. The van der Waals surface area contributed by atoms with Crippen molar-refractivity contribution in [3.05, 3.63) is 47.8 Å². The molecule has 0 saturated carbocycles. The highest BCUT2D eigenvalue weighted by molar-refractivity contribution is 5.47. The number of rotatable bonds is 6. The Balaban J connectivity index is 0.00000162. The van der Waals surface area contributed by atoms with E-state index < -0.39 is 0 Å². The summed E-state index contributed by atoms with van der Waals surface area (Å²) in [5.41, 5.74) is 6.37. The molecule has 0 radical (unpaired) electrons. The first-order valence-electron chi connectivity index (χ1n) is 5.86. The van der Waals surface area contributed by atoms with E-state index in [4.69, 9.17) is 4.74 Å². The van der Waals surface area contributed by atoms with Crippen LogP contribution in [0.5, 0.6) is 0 Å². The number of halogens is 2. The van der Waals surface area contributed by atoms with Crippen LogP contribution in [-0.4, -0.2) is 19.0 Å². The van der Waals surface area contributed by atoms with Gasteiger partial charge in [-0.15, -0.1) is 0 Å². The van der Waals surface area contributed by atoms with Crippen LogP contribution in [0.3, 0.4) is 0 Å². The fraction of sp³-hybridized carbons (Fsp3) is 0.308. The molecule has 1 heterocycles. The molecule has 0 unspecified atom stereocenters. The highest BCUT2D eigenvalue weighted by atomic mass is 35.5. The van der Waals surface area contributed by atoms with E-state index in [0.29, 0.717) is 13.2 Å². The van der Waals surface area contributed by atoms with Crippen molar-refractivity contribution >= 4 is 6.34 Å². The molecule has 4 nitrogen and oxygen atoms in total. The Bertz CT molecular complexity index is 410. The van der Waals surface area contributed by atoms with Crippen LogP contribution in [-0.2, 0) is 11.3 Å². The summed E-state index contributed by atoms with van der Waals surface area (Å²) in [6, 6.07) is 10.4. The zero-order valence-electron chi connectivity index (χ0n) is 10.6. The minimum atomic E-state index is 0. The summed E-state index contributed by atoms with van der Waals surface area (Å²) in [7, 11) is 0. The first kappa shape index (κ1) is 18.1. The number of quaternary nitrogens is 2. The van der Waals surface area contributed by atoms with Gasteiger partial charge in [-0.25, -0.2) is 4.99 Å². The van der Waals surface area contributed by atoms with Gasteiger partial charge in [-0.3, -0.25) is 5.32 Å². The van der Waals surface area contributed by atoms with Gasteiger partial charge in [-0.1, -0.05) is 30.3 Å². The van der Waals surface area contributed by atoms with Crippen LogP contribution >= 0.6 is 0 Å². The van der Waals surface area contributed by atoms with Gasteiger partial charge in [-0.05, 0) is 5.56 Å². The lowest BCUT2D eigenvalue weighted by molar-refractivity contribution is -0.449. The van der Waals surface area contributed by atoms with Crippen LogP contribution in [0.15, 0.2) is 47.2 Å². The van der Waals surface area contributed by atoms with Gasteiger partial charge in [-0.2, -0.15) is 0 Å². The summed E-state index contributed by atoms with van der Waals surface area (Å²) in [6.07, 6.45) is 4.71. The molecule has 1 aromatic carbocycles. The highest BCUT2D eigenvalue weighted by Gasteiger charge is 2.12. The van der Waals surface area contributed by atoms with E-state index in [1.165, 1.54) is 5.56 Å². The molecule has 2 rings (SSSR count). The molecule has 0 amide bonds. The lowest BCUT2D eigenvalue weighted by Crippen LogP contribution is -3.00. The highest BCUT2D eigenvalue weighted by Crippen LogP contribution is 2.05. The zero-order valence-corrected chi connectivity index (χ0v) is 12.1. The fourth-order valence-electron chi connectivity index (χ4n) is 1.73. The van der Waals surface area contributed by atoms with Gasteiger partial charge in [0, 0.05) is 6.42 Å². The SMILES string of the molecule is [Cl-].[Cl-].[NH3+][C@H](COCc1ccccc1)CC1=C[NH2+]C=N1. The van der Waals surface area contributed by atoms with E-state index in [0.717, 1.165) is 12.1 Å². The maximum atomic E-state index is 5.64. The van der Waals surface area contributed by atoms with Gasteiger partial charge in [0.25, 0.3) is 0 Å². The Morgan fingerprint density at radius 2 is 1.95 bits per heavy atom. The van der Waals surface area contributed by atoms with Crippen molar-refractivity contribution in [3.8, 4) is 0 Å². The van der Waals surface area contributed by atoms with Crippen molar-refractivity contribution in [1.82, 2.24) is 0 Å². The van der Waals surface area contributed by atoms with Gasteiger partial charge in [0.15, 0.2) is 6.34 Å². The molecule has 0 aliphatic carbocycles. The van der Waals surface area contributed by atoms with Crippen LogP contribution in [0, 0.1) is 0 Å². The van der Waals surface area contributed by atoms with Crippen LogP contribution in [0.4, 0.5) is 0 Å². The summed E-state index contributed by atoms with van der Waals surface area (Å²) in [4.78, 5) is 4.23. The number of ether oxygens (including phenoxy) is 1. The van der Waals surface area contributed by atoms with Gasteiger partial charge in [0.1, 0.15) is 17.9 Å². The van der Waals surface area contributed by atoms with E-state index in [2.05, 4.69) is 22.9 Å². The third-order valence-electron chi connectivity index (χ3n) is 2.58. The molecule has 0 saturated heterocycles. The maximum Gasteiger partial charge on any atom is 0.191 e. The molecule has 0 spiro atoms. The molecule has 0 fully saturated rings. The molecular weight excluding hydrogens is 285 g/mol. The summed E-state index contributed by atoms with van der Waals surface area (Å²) in [5, 5.41) is 1.95. The number of hydrogen-bond acceptors (Lipinski definition) is 2. The minimum absolute atomic E-state index is 0. The van der Waals surface area contributed by atoms with Gasteiger partial charge in [0.2, 0.25) is 0 Å². The second kappa shape index (κ2) is 9.95. The quantitative estimate of drug-likeness (QED) is 0.539. The van der Waals surface area contributed by atoms with Crippen molar-refractivity contribution < 1.29 is 40.6 Å². The van der Waals surface area contributed by atoms with Crippen LogP contribution in [0.25, 0.3) is 0 Å². The molecule has 0 aromatic heterocycles. The molecule has 1 aliphatic rings. The lowest BCUT2D eigenvalue weighted by atomic mass is 10.2. The number of benzene rings is 1. The van der Waals surface area contributed by atoms with Crippen LogP contribution in [0.2, 0.25) is 0 Å². The Labute approximate surface area is 125 Å². The first-order valence-corrected chi connectivity index (χ1v) is 5.86. The van der Waals surface area contributed by atoms with E-state index in [1.54, 1.807) is 0 Å². The normalized spacial score (nSPS) is 14.3. The number of nitrogens with two attached hydrogens (primary N) is 1. The second-order valence-corrected chi connectivity index (χ2v) is 4.20. The summed E-state index contributed by atoms with van der Waals surface area (Å²) < 4.78 is 5.64. The monoisotopic (exact) mass is 303 g/mol. The molecule has 1 aliphatic heterocycles. The zero-order chi connectivity index (χ0) is 11.9. The molecule has 0 bridgehead atoms. The summed E-state index contributed by atoms with van der Waals surface area (Å²) >= 11 is 0.